The summed E-state index contributed by atoms with van der Waals surface area (Å²) in [5, 5.41) is 19.0. The zero-order chi connectivity index (χ0) is 16.8. The van der Waals surface area contributed by atoms with Crippen LogP contribution in [0.15, 0.2) is 54.6 Å². The minimum Gasteiger partial charge on any atom is -0.504 e. The zero-order valence-electron chi connectivity index (χ0n) is 13.8. The van der Waals surface area contributed by atoms with Crippen molar-refractivity contribution < 1.29 is 10.2 Å². The quantitative estimate of drug-likeness (QED) is 0.830. The van der Waals surface area contributed by atoms with Crippen LogP contribution in [0.2, 0.25) is 0 Å². The maximum Gasteiger partial charge on any atom is 0.157 e. The fourth-order valence-corrected chi connectivity index (χ4v) is 2.96. The normalized spacial score (nSPS) is 16.7. The molecule has 126 valence electrons. The van der Waals surface area contributed by atoms with Crippen molar-refractivity contribution >= 4 is 6.08 Å². The predicted octanol–water partition coefficient (Wildman–Crippen LogP) is 2.93. The number of piperazine rings is 1. The number of nitrogens with zero attached hydrogens (tertiary/aromatic N) is 2. The highest BCUT2D eigenvalue weighted by Crippen LogP contribution is 2.25. The molecular weight excluding hydrogens is 300 g/mol. The Balaban J connectivity index is 1.44. The molecule has 1 aliphatic rings. The van der Waals surface area contributed by atoms with Crippen LogP contribution in [0.5, 0.6) is 11.5 Å². The summed E-state index contributed by atoms with van der Waals surface area (Å²) in [7, 11) is 0. The molecule has 0 atom stereocenters. The molecule has 1 saturated heterocycles. The molecule has 3 rings (SSSR count). The highest BCUT2D eigenvalue weighted by Gasteiger charge is 2.16. The van der Waals surface area contributed by atoms with Crippen LogP contribution >= 0.6 is 0 Å². The van der Waals surface area contributed by atoms with E-state index in [4.69, 9.17) is 0 Å². The van der Waals surface area contributed by atoms with Crippen LogP contribution < -0.4 is 0 Å². The first-order valence-electron chi connectivity index (χ1n) is 8.38. The van der Waals surface area contributed by atoms with E-state index in [1.54, 1.807) is 12.1 Å². The van der Waals surface area contributed by atoms with Gasteiger partial charge >= 0.3 is 0 Å². The van der Waals surface area contributed by atoms with Gasteiger partial charge in [0.25, 0.3) is 0 Å². The van der Waals surface area contributed by atoms with Crippen LogP contribution in [-0.4, -0.2) is 52.7 Å². The van der Waals surface area contributed by atoms with Crippen molar-refractivity contribution in [2.75, 3.05) is 32.7 Å². The third kappa shape index (κ3) is 4.60. The van der Waals surface area contributed by atoms with E-state index in [2.05, 4.69) is 46.2 Å². The molecule has 2 aromatic carbocycles. The van der Waals surface area contributed by atoms with E-state index in [0.29, 0.717) is 0 Å². The first kappa shape index (κ1) is 16.6. The van der Waals surface area contributed by atoms with Gasteiger partial charge < -0.3 is 10.2 Å². The van der Waals surface area contributed by atoms with E-state index in [9.17, 15) is 10.2 Å². The highest BCUT2D eigenvalue weighted by molar-refractivity contribution is 5.48. The van der Waals surface area contributed by atoms with Gasteiger partial charge in [-0.05, 0) is 23.3 Å². The summed E-state index contributed by atoms with van der Waals surface area (Å²) in [4.78, 5) is 4.83. The SMILES string of the molecule is Oc1ccc(CN2CCN(C/C=C/c3ccccc3)CC2)cc1O. The van der Waals surface area contributed by atoms with Crippen LogP contribution in [0.25, 0.3) is 6.08 Å². The number of phenols is 2. The highest BCUT2D eigenvalue weighted by atomic mass is 16.3. The molecule has 0 unspecified atom stereocenters. The molecule has 2 N–H and O–H groups in total. The van der Waals surface area contributed by atoms with Crippen LogP contribution in [-0.2, 0) is 6.54 Å². The van der Waals surface area contributed by atoms with E-state index in [1.807, 2.05) is 12.1 Å². The Bertz CT molecular complexity index is 677. The van der Waals surface area contributed by atoms with E-state index < -0.39 is 0 Å². The van der Waals surface area contributed by atoms with Gasteiger partial charge in [0.1, 0.15) is 0 Å². The number of aromatic hydroxyl groups is 2. The molecule has 0 aromatic heterocycles. The number of phenolic OH excluding ortho intramolecular Hbond substituents is 2. The fourth-order valence-electron chi connectivity index (χ4n) is 2.96. The van der Waals surface area contributed by atoms with Crippen molar-refractivity contribution in [3.05, 3.63) is 65.7 Å². The number of hydrogen-bond donors (Lipinski definition) is 2. The summed E-state index contributed by atoms with van der Waals surface area (Å²) in [6, 6.07) is 15.4. The van der Waals surface area contributed by atoms with Crippen LogP contribution in [0.1, 0.15) is 11.1 Å². The average molecular weight is 324 g/mol. The lowest BCUT2D eigenvalue weighted by molar-refractivity contribution is 0.137. The molecule has 1 fully saturated rings. The molecule has 0 amide bonds. The van der Waals surface area contributed by atoms with Crippen molar-refractivity contribution in [1.82, 2.24) is 9.80 Å². The fraction of sp³-hybridized carbons (Fsp3) is 0.300. The third-order valence-electron chi connectivity index (χ3n) is 4.38. The lowest BCUT2D eigenvalue weighted by Crippen LogP contribution is -2.45. The number of rotatable bonds is 5. The summed E-state index contributed by atoms with van der Waals surface area (Å²) in [6.45, 7) is 5.90. The molecule has 2 aromatic rings. The molecule has 24 heavy (non-hydrogen) atoms. The second-order valence-electron chi connectivity index (χ2n) is 6.21. The second-order valence-corrected chi connectivity index (χ2v) is 6.21. The predicted molar refractivity (Wildman–Crippen MR) is 97.0 cm³/mol. The summed E-state index contributed by atoms with van der Waals surface area (Å²) < 4.78 is 0. The summed E-state index contributed by atoms with van der Waals surface area (Å²) >= 11 is 0. The first-order chi connectivity index (χ1) is 11.7. The van der Waals surface area contributed by atoms with Crippen LogP contribution in [0.4, 0.5) is 0 Å². The van der Waals surface area contributed by atoms with E-state index in [1.165, 1.54) is 5.56 Å². The first-order valence-corrected chi connectivity index (χ1v) is 8.38. The van der Waals surface area contributed by atoms with Gasteiger partial charge in [-0.1, -0.05) is 48.6 Å². The molecule has 1 heterocycles. The average Bonchev–Trinajstić information content (AvgIpc) is 2.61. The van der Waals surface area contributed by atoms with Gasteiger partial charge in [0.05, 0.1) is 0 Å². The Morgan fingerprint density at radius 3 is 2.25 bits per heavy atom. The molecule has 0 spiro atoms. The minimum atomic E-state index is -0.0613. The smallest absolute Gasteiger partial charge is 0.157 e. The van der Waals surface area contributed by atoms with E-state index >= 15 is 0 Å². The Hall–Kier alpha value is -2.30. The molecule has 0 saturated carbocycles. The lowest BCUT2D eigenvalue weighted by atomic mass is 10.1. The maximum absolute atomic E-state index is 9.58. The van der Waals surface area contributed by atoms with Gasteiger partial charge in [-0.2, -0.15) is 0 Å². The van der Waals surface area contributed by atoms with Gasteiger partial charge in [-0.15, -0.1) is 0 Å². The van der Waals surface area contributed by atoms with E-state index in [0.717, 1.165) is 44.8 Å². The summed E-state index contributed by atoms with van der Waals surface area (Å²) in [6.07, 6.45) is 4.40. The Kier molecular flexibility index (Phi) is 5.51. The van der Waals surface area contributed by atoms with Gasteiger partial charge in [-0.3, -0.25) is 9.80 Å². The van der Waals surface area contributed by atoms with Crippen molar-refractivity contribution in [3.8, 4) is 11.5 Å². The molecule has 0 bridgehead atoms. The van der Waals surface area contributed by atoms with E-state index in [-0.39, 0.29) is 11.5 Å². The summed E-state index contributed by atoms with van der Waals surface area (Å²) in [5.41, 5.74) is 2.27. The number of benzene rings is 2. The maximum atomic E-state index is 9.58. The van der Waals surface area contributed by atoms with Crippen molar-refractivity contribution in [2.45, 2.75) is 6.54 Å². The molecular formula is C20H24N2O2. The topological polar surface area (TPSA) is 46.9 Å². The van der Waals surface area contributed by atoms with Gasteiger partial charge in [-0.25, -0.2) is 0 Å². The minimum absolute atomic E-state index is 0.0443. The molecule has 0 radical (unpaired) electrons. The monoisotopic (exact) mass is 324 g/mol. The Morgan fingerprint density at radius 1 is 0.833 bits per heavy atom. The number of hydrogen-bond acceptors (Lipinski definition) is 4. The summed E-state index contributed by atoms with van der Waals surface area (Å²) in [5.74, 6) is -0.106. The van der Waals surface area contributed by atoms with Gasteiger partial charge in [0.2, 0.25) is 0 Å². The molecule has 4 nitrogen and oxygen atoms in total. The van der Waals surface area contributed by atoms with Crippen LogP contribution in [0, 0.1) is 0 Å². The molecule has 1 aliphatic heterocycles. The van der Waals surface area contributed by atoms with Crippen LogP contribution in [0.3, 0.4) is 0 Å². The van der Waals surface area contributed by atoms with Gasteiger partial charge in [0.15, 0.2) is 11.5 Å². The second kappa shape index (κ2) is 7.99. The van der Waals surface area contributed by atoms with Crippen molar-refractivity contribution in [1.29, 1.82) is 0 Å². The zero-order valence-corrected chi connectivity index (χ0v) is 13.8. The van der Waals surface area contributed by atoms with Crippen molar-refractivity contribution in [3.63, 3.8) is 0 Å². The Labute approximate surface area is 143 Å². The lowest BCUT2D eigenvalue weighted by Gasteiger charge is -2.34. The molecule has 4 heteroatoms. The largest absolute Gasteiger partial charge is 0.504 e. The molecule has 0 aliphatic carbocycles. The standard InChI is InChI=1S/C20H24N2O2/c23-19-9-8-18(15-20(19)24)16-22-13-11-21(12-14-22)10-4-7-17-5-2-1-3-6-17/h1-9,15,23-24H,10-14,16H2/b7-4+. The van der Waals surface area contributed by atoms with Gasteiger partial charge in [0, 0.05) is 39.3 Å². The Morgan fingerprint density at radius 2 is 1.54 bits per heavy atom. The van der Waals surface area contributed by atoms with Crippen molar-refractivity contribution in [2.24, 2.45) is 0 Å². The third-order valence-corrected chi connectivity index (χ3v) is 4.38.